The van der Waals surface area contributed by atoms with Gasteiger partial charge in [-0.15, -0.1) is 0 Å². The molecule has 1 aromatic carbocycles. The Labute approximate surface area is 97.9 Å². The molecule has 16 heavy (non-hydrogen) atoms. The number of rotatable bonds is 4. The maximum absolute atomic E-state index is 10.3. The molecule has 0 saturated heterocycles. The molecule has 2 nitrogen and oxygen atoms in total. The lowest BCUT2D eigenvalue weighted by Crippen LogP contribution is -2.38. The van der Waals surface area contributed by atoms with Gasteiger partial charge in [0.25, 0.3) is 0 Å². The summed E-state index contributed by atoms with van der Waals surface area (Å²) in [5.41, 5.74) is 0.308. The Morgan fingerprint density at radius 3 is 1.94 bits per heavy atom. The molecule has 0 aliphatic heterocycles. The second-order valence-corrected chi connectivity index (χ2v) is 5.32. The summed E-state index contributed by atoms with van der Waals surface area (Å²) in [6.45, 7) is 7.72. The zero-order valence-corrected chi connectivity index (χ0v) is 10.5. The normalized spacial score (nSPS) is 16.2. The standard InChI is InChI=1S/C14H22O2/c1-10(2)12(15)14(3,4)13(16)11-8-6-5-7-9-11/h5-10,12-13,15-16H,1-4H3. The van der Waals surface area contributed by atoms with Crippen LogP contribution in [0.3, 0.4) is 0 Å². The lowest BCUT2D eigenvalue weighted by Gasteiger charge is -2.37. The zero-order valence-electron chi connectivity index (χ0n) is 10.5. The molecule has 0 aliphatic carbocycles. The minimum absolute atomic E-state index is 0.133. The van der Waals surface area contributed by atoms with Crippen molar-refractivity contribution in [2.45, 2.75) is 39.9 Å². The molecule has 0 radical (unpaired) electrons. The number of hydrogen-bond acceptors (Lipinski definition) is 2. The fourth-order valence-electron chi connectivity index (χ4n) is 2.09. The Balaban J connectivity index is 2.92. The highest BCUT2D eigenvalue weighted by Gasteiger charge is 2.37. The third kappa shape index (κ3) is 2.63. The maximum atomic E-state index is 10.3. The fraction of sp³-hybridized carbons (Fsp3) is 0.571. The summed E-state index contributed by atoms with van der Waals surface area (Å²) in [5.74, 6) is 0.133. The smallest absolute Gasteiger partial charge is 0.0865 e. The average molecular weight is 222 g/mol. The van der Waals surface area contributed by atoms with Gasteiger partial charge in [-0.2, -0.15) is 0 Å². The van der Waals surface area contributed by atoms with Gasteiger partial charge in [0.1, 0.15) is 0 Å². The third-order valence-electron chi connectivity index (χ3n) is 3.21. The Morgan fingerprint density at radius 2 is 1.50 bits per heavy atom. The largest absolute Gasteiger partial charge is 0.392 e. The summed E-state index contributed by atoms with van der Waals surface area (Å²) in [6.07, 6.45) is -1.17. The Kier molecular flexibility index (Phi) is 4.11. The van der Waals surface area contributed by atoms with Crippen molar-refractivity contribution in [3.63, 3.8) is 0 Å². The first-order valence-corrected chi connectivity index (χ1v) is 5.78. The molecule has 0 aliphatic rings. The van der Waals surface area contributed by atoms with E-state index in [1.807, 2.05) is 58.0 Å². The molecule has 2 N–H and O–H groups in total. The number of aliphatic hydroxyl groups is 2. The minimum atomic E-state index is -0.647. The fourth-order valence-corrected chi connectivity index (χ4v) is 2.09. The number of hydrogen-bond donors (Lipinski definition) is 2. The molecule has 0 spiro atoms. The van der Waals surface area contributed by atoms with Gasteiger partial charge in [0.05, 0.1) is 12.2 Å². The van der Waals surface area contributed by atoms with Crippen molar-refractivity contribution < 1.29 is 10.2 Å². The van der Waals surface area contributed by atoms with E-state index in [1.165, 1.54) is 0 Å². The van der Waals surface area contributed by atoms with E-state index in [0.29, 0.717) is 0 Å². The average Bonchev–Trinajstić information content (AvgIpc) is 2.28. The van der Waals surface area contributed by atoms with Crippen molar-refractivity contribution in [1.82, 2.24) is 0 Å². The maximum Gasteiger partial charge on any atom is 0.0865 e. The SMILES string of the molecule is CC(C)C(O)C(C)(C)C(O)c1ccccc1. The summed E-state index contributed by atoms with van der Waals surface area (Å²) in [7, 11) is 0. The van der Waals surface area contributed by atoms with Gasteiger partial charge in [0.15, 0.2) is 0 Å². The molecule has 0 bridgehead atoms. The van der Waals surface area contributed by atoms with Crippen LogP contribution in [0.25, 0.3) is 0 Å². The van der Waals surface area contributed by atoms with Gasteiger partial charge >= 0.3 is 0 Å². The van der Waals surface area contributed by atoms with Crippen LogP contribution < -0.4 is 0 Å². The summed E-state index contributed by atoms with van der Waals surface area (Å²) in [5, 5.41) is 20.4. The lowest BCUT2D eigenvalue weighted by atomic mass is 9.74. The van der Waals surface area contributed by atoms with Crippen LogP contribution in [0.5, 0.6) is 0 Å². The summed E-state index contributed by atoms with van der Waals surface area (Å²) >= 11 is 0. The van der Waals surface area contributed by atoms with Gasteiger partial charge in [-0.1, -0.05) is 58.0 Å². The van der Waals surface area contributed by atoms with E-state index in [-0.39, 0.29) is 5.92 Å². The van der Waals surface area contributed by atoms with E-state index >= 15 is 0 Å². The topological polar surface area (TPSA) is 40.5 Å². The second kappa shape index (κ2) is 4.98. The first kappa shape index (κ1) is 13.2. The highest BCUT2D eigenvalue weighted by Crippen LogP contribution is 2.38. The van der Waals surface area contributed by atoms with E-state index < -0.39 is 17.6 Å². The molecule has 0 heterocycles. The van der Waals surface area contributed by atoms with E-state index in [1.54, 1.807) is 0 Å². The quantitative estimate of drug-likeness (QED) is 0.822. The molecular weight excluding hydrogens is 200 g/mol. The van der Waals surface area contributed by atoms with Crippen molar-refractivity contribution in [3.8, 4) is 0 Å². The van der Waals surface area contributed by atoms with Gasteiger partial charge < -0.3 is 10.2 Å². The van der Waals surface area contributed by atoms with Crippen LogP contribution in [-0.4, -0.2) is 16.3 Å². The molecule has 0 amide bonds. The Bertz CT molecular complexity index is 317. The van der Waals surface area contributed by atoms with Crippen LogP contribution in [0, 0.1) is 11.3 Å². The van der Waals surface area contributed by atoms with E-state index in [0.717, 1.165) is 5.56 Å². The highest BCUT2D eigenvalue weighted by atomic mass is 16.3. The van der Waals surface area contributed by atoms with Gasteiger partial charge in [0, 0.05) is 5.41 Å². The van der Waals surface area contributed by atoms with Crippen molar-refractivity contribution in [1.29, 1.82) is 0 Å². The third-order valence-corrected chi connectivity index (χ3v) is 3.21. The summed E-state index contributed by atoms with van der Waals surface area (Å²) in [6, 6.07) is 9.49. The molecule has 1 aromatic rings. The summed E-state index contributed by atoms with van der Waals surface area (Å²) < 4.78 is 0. The van der Waals surface area contributed by atoms with Crippen LogP contribution in [0.15, 0.2) is 30.3 Å². The molecule has 2 atom stereocenters. The number of aliphatic hydroxyl groups excluding tert-OH is 2. The predicted octanol–water partition coefficient (Wildman–Crippen LogP) is 2.76. The Morgan fingerprint density at radius 1 is 1.00 bits per heavy atom. The van der Waals surface area contributed by atoms with Crippen molar-refractivity contribution in [2.75, 3.05) is 0 Å². The number of benzene rings is 1. The second-order valence-electron chi connectivity index (χ2n) is 5.32. The van der Waals surface area contributed by atoms with Crippen LogP contribution in [0.4, 0.5) is 0 Å². The first-order valence-electron chi connectivity index (χ1n) is 5.78. The van der Waals surface area contributed by atoms with Gasteiger partial charge in [0.2, 0.25) is 0 Å². The van der Waals surface area contributed by atoms with Crippen LogP contribution >= 0.6 is 0 Å². The molecular formula is C14H22O2. The van der Waals surface area contributed by atoms with Crippen LogP contribution in [0.1, 0.15) is 39.4 Å². The minimum Gasteiger partial charge on any atom is -0.392 e. The molecule has 2 heteroatoms. The molecule has 0 aromatic heterocycles. The Hall–Kier alpha value is -0.860. The molecule has 2 unspecified atom stereocenters. The van der Waals surface area contributed by atoms with Gasteiger partial charge in [-0.3, -0.25) is 0 Å². The predicted molar refractivity (Wildman–Crippen MR) is 66.0 cm³/mol. The zero-order chi connectivity index (χ0) is 12.3. The van der Waals surface area contributed by atoms with Crippen molar-refractivity contribution in [2.24, 2.45) is 11.3 Å². The molecule has 1 rings (SSSR count). The monoisotopic (exact) mass is 222 g/mol. The van der Waals surface area contributed by atoms with Crippen LogP contribution in [0.2, 0.25) is 0 Å². The van der Waals surface area contributed by atoms with Crippen molar-refractivity contribution in [3.05, 3.63) is 35.9 Å². The van der Waals surface area contributed by atoms with E-state index in [9.17, 15) is 10.2 Å². The molecule has 0 fully saturated rings. The molecule has 90 valence electrons. The van der Waals surface area contributed by atoms with E-state index in [2.05, 4.69) is 0 Å². The van der Waals surface area contributed by atoms with Gasteiger partial charge in [-0.25, -0.2) is 0 Å². The summed E-state index contributed by atoms with van der Waals surface area (Å²) in [4.78, 5) is 0. The van der Waals surface area contributed by atoms with Gasteiger partial charge in [-0.05, 0) is 11.5 Å². The van der Waals surface area contributed by atoms with Crippen LogP contribution in [-0.2, 0) is 0 Å². The molecule has 0 saturated carbocycles. The lowest BCUT2D eigenvalue weighted by molar-refractivity contribution is -0.0695. The van der Waals surface area contributed by atoms with Crippen molar-refractivity contribution >= 4 is 0 Å². The first-order chi connectivity index (χ1) is 7.37. The highest BCUT2D eigenvalue weighted by molar-refractivity contribution is 5.19. The van der Waals surface area contributed by atoms with E-state index in [4.69, 9.17) is 0 Å².